The molecule has 98 valence electrons. The van der Waals surface area contributed by atoms with Crippen molar-refractivity contribution in [3.63, 3.8) is 0 Å². The van der Waals surface area contributed by atoms with Crippen molar-refractivity contribution in [2.45, 2.75) is 37.9 Å². The second kappa shape index (κ2) is 4.93. The lowest BCUT2D eigenvalue weighted by atomic mass is 9.79. The Balaban J connectivity index is 2.32. The highest BCUT2D eigenvalue weighted by atomic mass is 19.4. The lowest BCUT2D eigenvalue weighted by molar-refractivity contribution is -0.154. The summed E-state index contributed by atoms with van der Waals surface area (Å²) in [5, 5.41) is 8.63. The molecule has 1 amide bonds. The van der Waals surface area contributed by atoms with Crippen molar-refractivity contribution >= 4 is 11.9 Å². The van der Waals surface area contributed by atoms with Gasteiger partial charge in [-0.25, -0.2) is 0 Å². The normalized spacial score (nSPS) is 24.0. The number of nitrogens with zero attached hydrogens (tertiary/aromatic N) is 1. The molecular formula is C10H14F3NO3. The van der Waals surface area contributed by atoms with Gasteiger partial charge in [0.2, 0.25) is 5.91 Å². The first-order valence-electron chi connectivity index (χ1n) is 5.26. The minimum Gasteiger partial charge on any atom is -0.481 e. The molecule has 0 saturated heterocycles. The van der Waals surface area contributed by atoms with E-state index in [1.807, 2.05) is 0 Å². The largest absolute Gasteiger partial charge is 0.481 e. The summed E-state index contributed by atoms with van der Waals surface area (Å²) in [6.45, 7) is 0. The molecule has 0 bridgehead atoms. The number of aliphatic carboxylic acids is 1. The molecule has 7 heteroatoms. The highest BCUT2D eigenvalue weighted by Crippen LogP contribution is 2.32. The number of amides is 1. The van der Waals surface area contributed by atoms with Crippen molar-refractivity contribution in [2.75, 3.05) is 7.05 Å². The van der Waals surface area contributed by atoms with E-state index in [1.165, 1.54) is 11.9 Å². The monoisotopic (exact) mass is 253 g/mol. The van der Waals surface area contributed by atoms with E-state index in [0.717, 1.165) is 0 Å². The van der Waals surface area contributed by atoms with Crippen LogP contribution in [-0.2, 0) is 9.59 Å². The van der Waals surface area contributed by atoms with E-state index in [1.54, 1.807) is 0 Å². The summed E-state index contributed by atoms with van der Waals surface area (Å²) in [6, 6.07) is -0.239. The van der Waals surface area contributed by atoms with Crippen molar-refractivity contribution in [1.29, 1.82) is 0 Å². The van der Waals surface area contributed by atoms with Crippen LogP contribution in [0.3, 0.4) is 0 Å². The minimum absolute atomic E-state index is 0.239. The van der Waals surface area contributed by atoms with Crippen LogP contribution in [0.2, 0.25) is 0 Å². The molecule has 0 radical (unpaired) electrons. The van der Waals surface area contributed by atoms with Gasteiger partial charge in [0.25, 0.3) is 0 Å². The Bertz CT molecular complexity index is 310. The molecule has 1 saturated carbocycles. The van der Waals surface area contributed by atoms with Crippen molar-refractivity contribution < 1.29 is 27.9 Å². The van der Waals surface area contributed by atoms with Gasteiger partial charge in [-0.15, -0.1) is 0 Å². The molecule has 0 atom stereocenters. The molecule has 0 aromatic rings. The number of hydrogen-bond acceptors (Lipinski definition) is 2. The van der Waals surface area contributed by atoms with Gasteiger partial charge >= 0.3 is 12.1 Å². The fourth-order valence-corrected chi connectivity index (χ4v) is 1.73. The maximum Gasteiger partial charge on any atom is 0.389 e. The van der Waals surface area contributed by atoms with Gasteiger partial charge in [-0.05, 0) is 12.8 Å². The Morgan fingerprint density at radius 1 is 1.35 bits per heavy atom. The molecule has 0 heterocycles. The predicted octanol–water partition coefficient (Wildman–Crippen LogP) is 1.65. The van der Waals surface area contributed by atoms with Gasteiger partial charge in [-0.3, -0.25) is 9.59 Å². The van der Waals surface area contributed by atoms with Crippen LogP contribution in [0.4, 0.5) is 13.2 Å². The number of alkyl halides is 3. The Kier molecular flexibility index (Phi) is 4.00. The number of rotatable bonds is 4. The molecule has 1 N–H and O–H groups in total. The van der Waals surface area contributed by atoms with Crippen LogP contribution in [0, 0.1) is 5.92 Å². The molecule has 0 spiro atoms. The average molecular weight is 253 g/mol. The summed E-state index contributed by atoms with van der Waals surface area (Å²) >= 11 is 0. The summed E-state index contributed by atoms with van der Waals surface area (Å²) in [7, 11) is 1.42. The Hall–Kier alpha value is -1.27. The Morgan fingerprint density at radius 3 is 2.29 bits per heavy atom. The third-order valence-corrected chi connectivity index (χ3v) is 3.03. The van der Waals surface area contributed by atoms with Crippen molar-refractivity contribution in [2.24, 2.45) is 5.92 Å². The molecule has 1 aliphatic rings. The van der Waals surface area contributed by atoms with E-state index >= 15 is 0 Å². The summed E-state index contributed by atoms with van der Waals surface area (Å²) in [6.07, 6.45) is -5.40. The average Bonchev–Trinajstić information content (AvgIpc) is 2.09. The highest BCUT2D eigenvalue weighted by Gasteiger charge is 2.39. The second-order valence-electron chi connectivity index (χ2n) is 4.28. The van der Waals surface area contributed by atoms with Gasteiger partial charge in [-0.2, -0.15) is 13.2 Å². The van der Waals surface area contributed by atoms with Crippen LogP contribution in [0.1, 0.15) is 25.7 Å². The number of hydrogen-bond donors (Lipinski definition) is 1. The highest BCUT2D eigenvalue weighted by molar-refractivity contribution is 5.77. The Morgan fingerprint density at radius 2 is 1.88 bits per heavy atom. The Labute approximate surface area is 96.4 Å². The summed E-state index contributed by atoms with van der Waals surface area (Å²) in [5.74, 6) is -1.98. The van der Waals surface area contributed by atoms with Crippen molar-refractivity contribution in [1.82, 2.24) is 4.90 Å². The van der Waals surface area contributed by atoms with Gasteiger partial charge < -0.3 is 10.0 Å². The van der Waals surface area contributed by atoms with E-state index in [2.05, 4.69) is 0 Å². The quantitative estimate of drug-likeness (QED) is 0.828. The fraction of sp³-hybridized carbons (Fsp3) is 0.800. The molecule has 0 aromatic heterocycles. The van der Waals surface area contributed by atoms with Crippen LogP contribution < -0.4 is 0 Å². The standard InChI is InChI=1S/C10H14F3NO3/c1-14(7-4-6(5-7)9(16)17)8(15)2-3-10(11,12)13/h6-7H,2-5H2,1H3,(H,16,17). The van der Waals surface area contributed by atoms with Crippen LogP contribution in [0.15, 0.2) is 0 Å². The first-order chi connectivity index (χ1) is 7.70. The van der Waals surface area contributed by atoms with Crippen LogP contribution in [0.25, 0.3) is 0 Å². The zero-order valence-corrected chi connectivity index (χ0v) is 9.33. The maximum absolute atomic E-state index is 11.9. The van der Waals surface area contributed by atoms with Crippen LogP contribution >= 0.6 is 0 Å². The van der Waals surface area contributed by atoms with Gasteiger partial charge in [0.1, 0.15) is 0 Å². The summed E-state index contributed by atoms with van der Waals surface area (Å²) in [5.41, 5.74) is 0. The number of carbonyl (C=O) groups is 2. The van der Waals surface area contributed by atoms with Gasteiger partial charge in [0.15, 0.2) is 0 Å². The lowest BCUT2D eigenvalue weighted by Gasteiger charge is -2.39. The van der Waals surface area contributed by atoms with E-state index in [0.29, 0.717) is 12.8 Å². The molecule has 0 unspecified atom stereocenters. The van der Waals surface area contributed by atoms with Gasteiger partial charge in [0.05, 0.1) is 12.3 Å². The van der Waals surface area contributed by atoms with E-state index < -0.39 is 36.8 Å². The lowest BCUT2D eigenvalue weighted by Crippen LogP contribution is -2.47. The fourth-order valence-electron chi connectivity index (χ4n) is 1.73. The van der Waals surface area contributed by atoms with E-state index in [4.69, 9.17) is 5.11 Å². The summed E-state index contributed by atoms with van der Waals surface area (Å²) < 4.78 is 35.7. The molecule has 1 fully saturated rings. The molecule has 0 aliphatic heterocycles. The molecular weight excluding hydrogens is 239 g/mol. The zero-order valence-electron chi connectivity index (χ0n) is 9.33. The van der Waals surface area contributed by atoms with Crippen LogP contribution in [-0.4, -0.2) is 41.1 Å². The smallest absolute Gasteiger partial charge is 0.389 e. The number of halogens is 3. The SMILES string of the molecule is CN(C(=O)CCC(F)(F)F)C1CC(C(=O)O)C1. The number of carbonyl (C=O) groups excluding carboxylic acids is 1. The van der Waals surface area contributed by atoms with E-state index in [-0.39, 0.29) is 6.04 Å². The third-order valence-electron chi connectivity index (χ3n) is 3.03. The first kappa shape index (κ1) is 13.8. The molecule has 1 rings (SSSR count). The number of carboxylic acid groups (broad SMARTS) is 1. The summed E-state index contributed by atoms with van der Waals surface area (Å²) in [4.78, 5) is 23.1. The van der Waals surface area contributed by atoms with Gasteiger partial charge in [-0.1, -0.05) is 0 Å². The minimum atomic E-state index is -4.33. The number of carboxylic acids is 1. The molecule has 4 nitrogen and oxygen atoms in total. The first-order valence-corrected chi connectivity index (χ1v) is 5.26. The van der Waals surface area contributed by atoms with Gasteiger partial charge in [0, 0.05) is 19.5 Å². The third kappa shape index (κ3) is 3.90. The second-order valence-corrected chi connectivity index (χ2v) is 4.28. The maximum atomic E-state index is 11.9. The van der Waals surface area contributed by atoms with Crippen molar-refractivity contribution in [3.05, 3.63) is 0 Å². The van der Waals surface area contributed by atoms with Crippen molar-refractivity contribution in [3.8, 4) is 0 Å². The molecule has 0 aromatic carbocycles. The predicted molar refractivity (Wildman–Crippen MR) is 52.2 cm³/mol. The molecule has 1 aliphatic carbocycles. The zero-order chi connectivity index (χ0) is 13.2. The van der Waals surface area contributed by atoms with E-state index in [9.17, 15) is 22.8 Å². The van der Waals surface area contributed by atoms with Crippen LogP contribution in [0.5, 0.6) is 0 Å². The topological polar surface area (TPSA) is 57.6 Å². The molecule has 17 heavy (non-hydrogen) atoms.